The summed E-state index contributed by atoms with van der Waals surface area (Å²) in [6.45, 7) is 3.45. The minimum atomic E-state index is 1.09. The quantitative estimate of drug-likeness (QED) is 0.809. The van der Waals surface area contributed by atoms with Crippen LogP contribution >= 0.6 is 11.8 Å². The van der Waals surface area contributed by atoms with Gasteiger partial charge in [0.05, 0.1) is 11.4 Å². The molecule has 1 aromatic carbocycles. The highest BCUT2D eigenvalue weighted by Gasteiger charge is 2.13. The van der Waals surface area contributed by atoms with Gasteiger partial charge in [0.2, 0.25) is 0 Å². The monoisotopic (exact) mass is 236 g/mol. The maximum atomic E-state index is 3.50. The number of rotatable bonds is 4. The molecule has 1 N–H and O–H groups in total. The van der Waals surface area contributed by atoms with Gasteiger partial charge in [-0.2, -0.15) is 11.8 Å². The van der Waals surface area contributed by atoms with Crippen LogP contribution in [-0.2, 0) is 0 Å². The highest BCUT2D eigenvalue weighted by atomic mass is 32.2. The first-order valence-corrected chi connectivity index (χ1v) is 7.38. The lowest BCUT2D eigenvalue weighted by Gasteiger charge is -2.24. The third-order valence-electron chi connectivity index (χ3n) is 2.94. The summed E-state index contributed by atoms with van der Waals surface area (Å²) in [5.41, 5.74) is 2.67. The molecule has 0 aliphatic carbocycles. The summed E-state index contributed by atoms with van der Waals surface area (Å²) in [5.74, 6) is 1.26. The molecule has 0 aromatic heterocycles. The van der Waals surface area contributed by atoms with Gasteiger partial charge in [0, 0.05) is 19.6 Å². The van der Waals surface area contributed by atoms with Gasteiger partial charge < -0.3 is 10.2 Å². The van der Waals surface area contributed by atoms with Gasteiger partial charge in [-0.15, -0.1) is 0 Å². The van der Waals surface area contributed by atoms with Crippen LogP contribution in [0.2, 0.25) is 0 Å². The van der Waals surface area contributed by atoms with Crippen molar-refractivity contribution in [2.75, 3.05) is 41.9 Å². The SMILES string of the molecule is CSCCCN1CCCNc2ccccc21. The topological polar surface area (TPSA) is 15.3 Å². The predicted molar refractivity (Wildman–Crippen MR) is 74.8 cm³/mol. The molecule has 1 aliphatic heterocycles. The molecule has 0 saturated heterocycles. The lowest BCUT2D eigenvalue weighted by atomic mass is 10.2. The molecular formula is C13H20N2S. The highest BCUT2D eigenvalue weighted by molar-refractivity contribution is 7.98. The summed E-state index contributed by atoms with van der Waals surface area (Å²) in [6.07, 6.45) is 4.68. The largest absolute Gasteiger partial charge is 0.383 e. The average molecular weight is 236 g/mol. The number of benzene rings is 1. The van der Waals surface area contributed by atoms with E-state index in [1.807, 2.05) is 11.8 Å². The van der Waals surface area contributed by atoms with Crippen LogP contribution in [0.5, 0.6) is 0 Å². The number of hydrogen-bond acceptors (Lipinski definition) is 3. The van der Waals surface area contributed by atoms with Gasteiger partial charge in [-0.05, 0) is 37.0 Å². The van der Waals surface area contributed by atoms with Crippen LogP contribution in [0.3, 0.4) is 0 Å². The average Bonchev–Trinajstić information content (AvgIpc) is 2.52. The minimum Gasteiger partial charge on any atom is -0.383 e. The van der Waals surface area contributed by atoms with Gasteiger partial charge >= 0.3 is 0 Å². The van der Waals surface area contributed by atoms with Crippen LogP contribution in [0.25, 0.3) is 0 Å². The molecule has 0 radical (unpaired) electrons. The van der Waals surface area contributed by atoms with E-state index in [0.717, 1.165) is 6.54 Å². The van der Waals surface area contributed by atoms with Crippen molar-refractivity contribution >= 4 is 23.1 Å². The maximum absolute atomic E-state index is 3.50. The number of nitrogens with one attached hydrogen (secondary N) is 1. The maximum Gasteiger partial charge on any atom is 0.0602 e. The number of nitrogens with zero attached hydrogens (tertiary/aromatic N) is 1. The van der Waals surface area contributed by atoms with E-state index in [1.165, 1.54) is 43.1 Å². The Bertz CT molecular complexity index is 327. The zero-order valence-corrected chi connectivity index (χ0v) is 10.7. The molecule has 1 heterocycles. The summed E-state index contributed by atoms with van der Waals surface area (Å²) in [4.78, 5) is 2.52. The number of fused-ring (bicyclic) bond motifs is 1. The Balaban J connectivity index is 2.06. The third kappa shape index (κ3) is 2.85. The summed E-state index contributed by atoms with van der Waals surface area (Å²) < 4.78 is 0. The van der Waals surface area contributed by atoms with Crippen molar-refractivity contribution in [3.05, 3.63) is 24.3 Å². The number of para-hydroxylation sites is 2. The molecule has 16 heavy (non-hydrogen) atoms. The van der Waals surface area contributed by atoms with Crippen LogP contribution in [-0.4, -0.2) is 31.6 Å². The smallest absolute Gasteiger partial charge is 0.0602 e. The fourth-order valence-corrected chi connectivity index (χ4v) is 2.56. The molecule has 0 bridgehead atoms. The van der Waals surface area contributed by atoms with Crippen molar-refractivity contribution in [1.82, 2.24) is 0 Å². The van der Waals surface area contributed by atoms with E-state index in [2.05, 4.69) is 40.7 Å². The van der Waals surface area contributed by atoms with Crippen LogP contribution in [0, 0.1) is 0 Å². The Morgan fingerprint density at radius 2 is 2.25 bits per heavy atom. The molecule has 2 rings (SSSR count). The lowest BCUT2D eigenvalue weighted by Crippen LogP contribution is -2.25. The van der Waals surface area contributed by atoms with Crippen LogP contribution in [0.4, 0.5) is 11.4 Å². The third-order valence-corrected chi connectivity index (χ3v) is 3.64. The molecular weight excluding hydrogens is 216 g/mol. The van der Waals surface area contributed by atoms with Crippen molar-refractivity contribution in [1.29, 1.82) is 0 Å². The van der Waals surface area contributed by atoms with Gasteiger partial charge in [-0.25, -0.2) is 0 Å². The second-order valence-corrected chi connectivity index (χ2v) is 5.12. The molecule has 2 nitrogen and oxygen atoms in total. The van der Waals surface area contributed by atoms with E-state index in [4.69, 9.17) is 0 Å². The van der Waals surface area contributed by atoms with Gasteiger partial charge in [-0.3, -0.25) is 0 Å². The molecule has 3 heteroatoms. The van der Waals surface area contributed by atoms with Crippen LogP contribution in [0.1, 0.15) is 12.8 Å². The van der Waals surface area contributed by atoms with Gasteiger partial charge in [0.1, 0.15) is 0 Å². The fraction of sp³-hybridized carbons (Fsp3) is 0.538. The zero-order chi connectivity index (χ0) is 11.2. The van der Waals surface area contributed by atoms with Gasteiger partial charge in [0.25, 0.3) is 0 Å². The summed E-state index contributed by atoms with van der Waals surface area (Å²) in [6, 6.07) is 8.65. The Labute approximate surface area is 102 Å². The standard InChI is InChI=1S/C13H20N2S/c1-16-11-5-10-15-9-4-8-14-12-6-2-3-7-13(12)15/h2-3,6-7,14H,4-5,8-11H2,1H3. The van der Waals surface area contributed by atoms with E-state index in [0.29, 0.717) is 0 Å². The Hall–Kier alpha value is -0.830. The Morgan fingerprint density at radius 3 is 3.12 bits per heavy atom. The first-order valence-electron chi connectivity index (χ1n) is 5.98. The van der Waals surface area contributed by atoms with Gasteiger partial charge in [-0.1, -0.05) is 12.1 Å². The van der Waals surface area contributed by atoms with Crippen molar-refractivity contribution in [3.8, 4) is 0 Å². The molecule has 0 atom stereocenters. The first-order chi connectivity index (χ1) is 7.92. The number of hydrogen-bond donors (Lipinski definition) is 1. The first kappa shape index (κ1) is 11.6. The molecule has 0 spiro atoms. The summed E-state index contributed by atoms with van der Waals surface area (Å²) >= 11 is 1.93. The van der Waals surface area contributed by atoms with E-state index < -0.39 is 0 Å². The molecule has 0 unspecified atom stereocenters. The highest BCUT2D eigenvalue weighted by Crippen LogP contribution is 2.27. The van der Waals surface area contributed by atoms with Crippen LogP contribution < -0.4 is 10.2 Å². The van der Waals surface area contributed by atoms with E-state index in [1.54, 1.807) is 0 Å². The van der Waals surface area contributed by atoms with E-state index >= 15 is 0 Å². The Kier molecular flexibility index (Phi) is 4.40. The zero-order valence-electron chi connectivity index (χ0n) is 9.91. The lowest BCUT2D eigenvalue weighted by molar-refractivity contribution is 0.747. The fourth-order valence-electron chi connectivity index (χ4n) is 2.14. The molecule has 88 valence electrons. The van der Waals surface area contributed by atoms with Crippen molar-refractivity contribution in [2.24, 2.45) is 0 Å². The van der Waals surface area contributed by atoms with E-state index in [-0.39, 0.29) is 0 Å². The van der Waals surface area contributed by atoms with Crippen molar-refractivity contribution in [2.45, 2.75) is 12.8 Å². The normalized spacial score (nSPS) is 15.2. The predicted octanol–water partition coefficient (Wildman–Crippen LogP) is 3.06. The molecule has 0 saturated carbocycles. The second-order valence-electron chi connectivity index (χ2n) is 4.13. The molecule has 0 fully saturated rings. The second kappa shape index (κ2) is 6.04. The van der Waals surface area contributed by atoms with Crippen LogP contribution in [0.15, 0.2) is 24.3 Å². The summed E-state index contributed by atoms with van der Waals surface area (Å²) in [7, 11) is 0. The summed E-state index contributed by atoms with van der Waals surface area (Å²) in [5, 5.41) is 3.50. The Morgan fingerprint density at radius 1 is 1.38 bits per heavy atom. The number of anilines is 2. The minimum absolute atomic E-state index is 1.09. The van der Waals surface area contributed by atoms with Crippen molar-refractivity contribution < 1.29 is 0 Å². The molecule has 1 aromatic rings. The van der Waals surface area contributed by atoms with Crippen molar-refractivity contribution in [3.63, 3.8) is 0 Å². The van der Waals surface area contributed by atoms with Gasteiger partial charge in [0.15, 0.2) is 0 Å². The van der Waals surface area contributed by atoms with E-state index in [9.17, 15) is 0 Å². The molecule has 0 amide bonds. The molecule has 1 aliphatic rings. The number of thioether (sulfide) groups is 1.